The quantitative estimate of drug-likeness (QED) is 0.902. The van der Waals surface area contributed by atoms with Crippen molar-refractivity contribution in [1.29, 1.82) is 0 Å². The molecule has 1 aliphatic heterocycles. The van der Waals surface area contributed by atoms with Crippen LogP contribution < -0.4 is 10.2 Å². The summed E-state index contributed by atoms with van der Waals surface area (Å²) in [7, 11) is 0. The largest absolute Gasteiger partial charge is 0.378 e. The molecule has 0 radical (unpaired) electrons. The maximum Gasteiger partial charge on any atom is 0.257 e. The number of nitrogens with zero attached hydrogens (tertiary/aromatic N) is 1. The van der Waals surface area contributed by atoms with Crippen molar-refractivity contribution in [2.24, 2.45) is 0 Å². The van der Waals surface area contributed by atoms with Gasteiger partial charge in [0.1, 0.15) is 0 Å². The Kier molecular flexibility index (Phi) is 3.64. The van der Waals surface area contributed by atoms with E-state index in [1.807, 2.05) is 12.1 Å². The summed E-state index contributed by atoms with van der Waals surface area (Å²) in [4.78, 5) is 13.7. The Balaban J connectivity index is 2.47. The van der Waals surface area contributed by atoms with Crippen molar-refractivity contribution in [2.75, 3.05) is 16.8 Å². The standard InChI is InChI=1S/C13H17BrN2O2/c1-4-16(7(2)3)11-6-10-8(5-9(11)14)12(17)13(18)15-10/h5-7,12,17H,4H2,1-3H3,(H,15,18). The van der Waals surface area contributed by atoms with Crippen LogP contribution in [-0.2, 0) is 4.79 Å². The van der Waals surface area contributed by atoms with Crippen molar-refractivity contribution in [2.45, 2.75) is 32.9 Å². The van der Waals surface area contributed by atoms with Gasteiger partial charge in [0.05, 0.1) is 5.69 Å². The number of aliphatic hydroxyl groups is 1. The number of halogens is 1. The highest BCUT2D eigenvalue weighted by atomic mass is 79.9. The van der Waals surface area contributed by atoms with Gasteiger partial charge in [0.2, 0.25) is 0 Å². The van der Waals surface area contributed by atoms with Crippen LogP contribution in [0.3, 0.4) is 0 Å². The first-order valence-electron chi connectivity index (χ1n) is 6.04. The Bertz CT molecular complexity index is 488. The number of fused-ring (bicyclic) bond motifs is 1. The van der Waals surface area contributed by atoms with Crippen LogP contribution in [0.25, 0.3) is 0 Å². The molecule has 1 unspecified atom stereocenters. The minimum absolute atomic E-state index is 0.360. The summed E-state index contributed by atoms with van der Waals surface area (Å²) in [5.74, 6) is -0.360. The predicted molar refractivity (Wildman–Crippen MR) is 75.9 cm³/mol. The average molecular weight is 313 g/mol. The summed E-state index contributed by atoms with van der Waals surface area (Å²) in [6.45, 7) is 7.21. The van der Waals surface area contributed by atoms with Crippen molar-refractivity contribution in [3.63, 3.8) is 0 Å². The third-order valence-corrected chi connectivity index (χ3v) is 3.83. The van der Waals surface area contributed by atoms with Crippen LogP contribution in [0.15, 0.2) is 16.6 Å². The molecule has 5 heteroatoms. The van der Waals surface area contributed by atoms with E-state index >= 15 is 0 Å². The van der Waals surface area contributed by atoms with E-state index in [4.69, 9.17) is 0 Å². The lowest BCUT2D eigenvalue weighted by atomic mass is 10.1. The molecule has 1 aromatic carbocycles. The number of hydrogen-bond donors (Lipinski definition) is 2. The molecule has 0 fully saturated rings. The third-order valence-electron chi connectivity index (χ3n) is 3.19. The van der Waals surface area contributed by atoms with Gasteiger partial charge in [-0.3, -0.25) is 4.79 Å². The molecule has 0 saturated carbocycles. The van der Waals surface area contributed by atoms with Gasteiger partial charge < -0.3 is 15.3 Å². The van der Waals surface area contributed by atoms with Crippen LogP contribution in [0.5, 0.6) is 0 Å². The summed E-state index contributed by atoms with van der Waals surface area (Å²) in [6.07, 6.45) is -1.06. The maximum absolute atomic E-state index is 11.4. The van der Waals surface area contributed by atoms with E-state index in [1.54, 1.807) is 0 Å². The molecule has 0 aliphatic carbocycles. The number of hydrogen-bond acceptors (Lipinski definition) is 3. The lowest BCUT2D eigenvalue weighted by Crippen LogP contribution is -2.30. The Morgan fingerprint density at radius 2 is 2.17 bits per heavy atom. The first-order chi connectivity index (χ1) is 8.45. The lowest BCUT2D eigenvalue weighted by molar-refractivity contribution is -0.123. The van der Waals surface area contributed by atoms with Crippen LogP contribution in [0.2, 0.25) is 0 Å². The maximum atomic E-state index is 11.4. The van der Waals surface area contributed by atoms with E-state index in [9.17, 15) is 9.90 Å². The van der Waals surface area contributed by atoms with Crippen LogP contribution in [-0.4, -0.2) is 23.6 Å². The fourth-order valence-corrected chi connectivity index (χ4v) is 2.88. The Hall–Kier alpha value is -1.07. The molecule has 2 rings (SSSR count). The second kappa shape index (κ2) is 4.90. The lowest BCUT2D eigenvalue weighted by Gasteiger charge is -2.29. The minimum Gasteiger partial charge on any atom is -0.378 e. The van der Waals surface area contributed by atoms with Gasteiger partial charge in [0.15, 0.2) is 6.10 Å². The van der Waals surface area contributed by atoms with Crippen molar-refractivity contribution in [3.8, 4) is 0 Å². The van der Waals surface area contributed by atoms with Gasteiger partial charge in [0.25, 0.3) is 5.91 Å². The number of amides is 1. The zero-order valence-electron chi connectivity index (χ0n) is 10.7. The summed E-state index contributed by atoms with van der Waals surface area (Å²) in [5.41, 5.74) is 2.36. The molecule has 0 bridgehead atoms. The van der Waals surface area contributed by atoms with Crippen LogP contribution in [0.1, 0.15) is 32.4 Å². The zero-order chi connectivity index (χ0) is 13.4. The van der Waals surface area contributed by atoms with Gasteiger partial charge in [0, 0.05) is 28.3 Å². The van der Waals surface area contributed by atoms with E-state index < -0.39 is 6.10 Å². The number of carbonyl (C=O) groups is 1. The van der Waals surface area contributed by atoms with Gasteiger partial charge in [-0.1, -0.05) is 0 Å². The molecule has 98 valence electrons. The highest BCUT2D eigenvalue weighted by Gasteiger charge is 2.30. The topological polar surface area (TPSA) is 52.6 Å². The highest BCUT2D eigenvalue weighted by molar-refractivity contribution is 9.10. The third kappa shape index (κ3) is 2.12. The molecule has 1 atom stereocenters. The van der Waals surface area contributed by atoms with Crippen LogP contribution >= 0.6 is 15.9 Å². The van der Waals surface area contributed by atoms with Gasteiger partial charge in [-0.25, -0.2) is 0 Å². The fourth-order valence-electron chi connectivity index (χ4n) is 2.29. The number of aliphatic hydroxyl groups excluding tert-OH is 1. The molecule has 4 nitrogen and oxygen atoms in total. The van der Waals surface area contributed by atoms with Crippen molar-refractivity contribution < 1.29 is 9.90 Å². The predicted octanol–water partition coefficient (Wildman–Crippen LogP) is 2.67. The molecule has 18 heavy (non-hydrogen) atoms. The number of rotatable bonds is 3. The monoisotopic (exact) mass is 312 g/mol. The van der Waals surface area contributed by atoms with Crippen molar-refractivity contribution in [1.82, 2.24) is 0 Å². The number of carbonyl (C=O) groups excluding carboxylic acids is 1. The molecule has 2 N–H and O–H groups in total. The Morgan fingerprint density at radius 3 is 2.72 bits per heavy atom. The molecule has 1 heterocycles. The molecule has 1 aromatic rings. The molecule has 1 aliphatic rings. The van der Waals surface area contributed by atoms with Gasteiger partial charge in [-0.05, 0) is 48.8 Å². The first kappa shape index (κ1) is 13.4. The summed E-state index contributed by atoms with van der Waals surface area (Å²) < 4.78 is 0.896. The summed E-state index contributed by atoms with van der Waals surface area (Å²) in [5, 5.41) is 12.4. The van der Waals surface area contributed by atoms with E-state index in [-0.39, 0.29) is 5.91 Å². The first-order valence-corrected chi connectivity index (χ1v) is 6.84. The molecular formula is C13H17BrN2O2. The fraction of sp³-hybridized carbons (Fsp3) is 0.462. The molecular weight excluding hydrogens is 296 g/mol. The number of benzene rings is 1. The van der Waals surface area contributed by atoms with E-state index in [0.717, 1.165) is 16.7 Å². The smallest absolute Gasteiger partial charge is 0.257 e. The molecule has 0 aromatic heterocycles. The normalized spacial score (nSPS) is 17.9. The van der Waals surface area contributed by atoms with E-state index in [0.29, 0.717) is 17.3 Å². The second-order valence-corrected chi connectivity index (χ2v) is 5.52. The Morgan fingerprint density at radius 1 is 1.50 bits per heavy atom. The van der Waals surface area contributed by atoms with E-state index in [1.165, 1.54) is 0 Å². The molecule has 0 saturated heterocycles. The summed E-state index contributed by atoms with van der Waals surface area (Å²) >= 11 is 3.52. The highest BCUT2D eigenvalue weighted by Crippen LogP contribution is 2.39. The van der Waals surface area contributed by atoms with E-state index in [2.05, 4.69) is 46.9 Å². The SMILES string of the molecule is CCN(c1cc2c(cc1Br)C(O)C(=O)N2)C(C)C. The second-order valence-electron chi connectivity index (χ2n) is 4.66. The van der Waals surface area contributed by atoms with Crippen LogP contribution in [0, 0.1) is 0 Å². The van der Waals surface area contributed by atoms with Gasteiger partial charge >= 0.3 is 0 Å². The molecule has 1 amide bonds. The Labute approximate surface area is 115 Å². The van der Waals surface area contributed by atoms with Gasteiger partial charge in [-0.2, -0.15) is 0 Å². The summed E-state index contributed by atoms with van der Waals surface area (Å²) in [6, 6.07) is 4.10. The zero-order valence-corrected chi connectivity index (χ0v) is 12.3. The van der Waals surface area contributed by atoms with Crippen LogP contribution in [0.4, 0.5) is 11.4 Å². The average Bonchev–Trinajstić information content (AvgIpc) is 2.56. The van der Waals surface area contributed by atoms with Crippen molar-refractivity contribution in [3.05, 3.63) is 22.2 Å². The van der Waals surface area contributed by atoms with Gasteiger partial charge in [-0.15, -0.1) is 0 Å². The minimum atomic E-state index is -1.06. The van der Waals surface area contributed by atoms with Crippen molar-refractivity contribution >= 4 is 33.2 Å². The number of anilines is 2. The number of nitrogens with one attached hydrogen (secondary N) is 1. The molecule has 0 spiro atoms.